The normalized spacial score (nSPS) is 12.0. The van der Waals surface area contributed by atoms with Crippen molar-refractivity contribution in [1.82, 2.24) is 4.57 Å². The molecule has 1 aromatic heterocycles. The van der Waals surface area contributed by atoms with Gasteiger partial charge in [0.15, 0.2) is 9.84 Å². The minimum absolute atomic E-state index is 0.0855. The molecule has 0 saturated carbocycles. The Hall–Kier alpha value is -4.12. The van der Waals surface area contributed by atoms with Crippen LogP contribution in [0.4, 0.5) is 18.9 Å². The number of fused-ring (bicyclic) bond motifs is 1. The summed E-state index contributed by atoms with van der Waals surface area (Å²) in [5.74, 6) is -1.14. The number of aryl methyl sites for hydroxylation is 1. The van der Waals surface area contributed by atoms with Crippen molar-refractivity contribution in [3.8, 4) is 0 Å². The van der Waals surface area contributed by atoms with Crippen molar-refractivity contribution in [3.63, 3.8) is 0 Å². The van der Waals surface area contributed by atoms with E-state index in [1.807, 2.05) is 0 Å². The first-order valence-corrected chi connectivity index (χ1v) is 12.3. The van der Waals surface area contributed by atoms with Gasteiger partial charge >= 0.3 is 6.18 Å². The monoisotopic (exact) mass is 514 g/mol. The lowest BCUT2D eigenvalue weighted by Gasteiger charge is -2.13. The summed E-state index contributed by atoms with van der Waals surface area (Å²) in [5, 5.41) is 10.9. The zero-order chi connectivity index (χ0) is 26.1. The number of amides is 1. The number of nitrogens with zero attached hydrogens (tertiary/aromatic N) is 1. The smallest absolute Gasteiger partial charge is 0.384 e. The largest absolute Gasteiger partial charge is 0.416 e. The van der Waals surface area contributed by atoms with Crippen LogP contribution in [0, 0.1) is 5.41 Å². The number of hydrogen-bond donors (Lipinski definition) is 3. The molecule has 36 heavy (non-hydrogen) atoms. The number of nitrogen functional groups attached to an aromatic ring is 1. The second-order valence-corrected chi connectivity index (χ2v) is 10.1. The van der Waals surface area contributed by atoms with Crippen LogP contribution in [0.3, 0.4) is 0 Å². The van der Waals surface area contributed by atoms with E-state index >= 15 is 0 Å². The fraction of sp³-hybridized carbons (Fsp3) is 0.120. The summed E-state index contributed by atoms with van der Waals surface area (Å²) in [7, 11) is -3.68. The molecule has 1 amide bonds. The zero-order valence-electron chi connectivity index (χ0n) is 18.7. The zero-order valence-corrected chi connectivity index (χ0v) is 19.5. The number of nitrogens with two attached hydrogens (primary N) is 1. The lowest BCUT2D eigenvalue weighted by Crippen LogP contribution is -2.20. The fourth-order valence-corrected chi connectivity index (χ4v) is 4.98. The third-order valence-corrected chi connectivity index (χ3v) is 7.31. The van der Waals surface area contributed by atoms with Crippen molar-refractivity contribution < 1.29 is 26.4 Å². The molecule has 0 aliphatic carbocycles. The molecule has 0 aliphatic heterocycles. The molecule has 4 aromatic rings. The molecule has 0 saturated heterocycles. The minimum atomic E-state index is -4.51. The molecule has 0 radical (unpaired) electrons. The number of halogens is 3. The van der Waals surface area contributed by atoms with E-state index in [-0.39, 0.29) is 34.4 Å². The third kappa shape index (κ3) is 5.25. The minimum Gasteiger partial charge on any atom is -0.384 e. The summed E-state index contributed by atoms with van der Waals surface area (Å²) in [6.45, 7) is -0.0855. The van der Waals surface area contributed by atoms with Gasteiger partial charge in [0.25, 0.3) is 5.91 Å². The number of nitrogens with one attached hydrogen (secondary N) is 2. The molecule has 0 spiro atoms. The van der Waals surface area contributed by atoms with E-state index < -0.39 is 27.5 Å². The van der Waals surface area contributed by atoms with Gasteiger partial charge < -0.3 is 15.6 Å². The number of alkyl halides is 3. The first kappa shape index (κ1) is 25.0. The number of benzene rings is 3. The van der Waals surface area contributed by atoms with Crippen LogP contribution in [0.15, 0.2) is 83.8 Å². The van der Waals surface area contributed by atoms with Crippen LogP contribution >= 0.6 is 0 Å². The van der Waals surface area contributed by atoms with Crippen molar-refractivity contribution in [2.45, 2.75) is 17.6 Å². The molecule has 3 aromatic carbocycles. The third-order valence-electron chi connectivity index (χ3n) is 5.60. The predicted octanol–water partition coefficient (Wildman–Crippen LogP) is 4.67. The molecule has 1 heterocycles. The highest BCUT2D eigenvalue weighted by molar-refractivity contribution is 7.91. The number of carbonyl (C=O) groups excluding carboxylic acids is 1. The second-order valence-electron chi connectivity index (χ2n) is 8.03. The van der Waals surface area contributed by atoms with Crippen LogP contribution in [0.25, 0.3) is 10.9 Å². The number of aromatic nitrogens is 1. The van der Waals surface area contributed by atoms with Gasteiger partial charge in [0.1, 0.15) is 11.5 Å². The lowest BCUT2D eigenvalue weighted by atomic mass is 10.1. The Labute approximate surface area is 204 Å². The van der Waals surface area contributed by atoms with Crippen molar-refractivity contribution in [3.05, 3.63) is 95.7 Å². The highest BCUT2D eigenvalue weighted by Crippen LogP contribution is 2.30. The summed E-state index contributed by atoms with van der Waals surface area (Å²) in [5.41, 5.74) is 5.89. The van der Waals surface area contributed by atoms with E-state index in [0.29, 0.717) is 16.5 Å². The molecule has 11 heteroatoms. The van der Waals surface area contributed by atoms with Gasteiger partial charge in [0, 0.05) is 28.7 Å². The van der Waals surface area contributed by atoms with Crippen molar-refractivity contribution >= 4 is 38.2 Å². The summed E-state index contributed by atoms with van der Waals surface area (Å²) in [6.07, 6.45) is -4.51. The van der Waals surface area contributed by atoms with E-state index in [1.54, 1.807) is 42.5 Å². The van der Waals surface area contributed by atoms with Crippen LogP contribution in [-0.4, -0.2) is 30.5 Å². The maximum atomic E-state index is 13.1. The summed E-state index contributed by atoms with van der Waals surface area (Å²) >= 11 is 0. The maximum absolute atomic E-state index is 13.1. The topological polar surface area (TPSA) is 118 Å². The van der Waals surface area contributed by atoms with Gasteiger partial charge in [-0.15, -0.1) is 0 Å². The Balaban J connectivity index is 1.69. The SMILES string of the molecule is N=C(N)c1ccc2cc(C(=O)Nc3ccc(C(F)(F)F)cc3)n(CCS(=O)(=O)c3ccccc3)c2c1. The number of anilines is 1. The van der Waals surface area contributed by atoms with Gasteiger partial charge in [-0.25, -0.2) is 8.42 Å². The van der Waals surface area contributed by atoms with Gasteiger partial charge in [-0.1, -0.05) is 30.3 Å². The Kier molecular flexibility index (Phi) is 6.59. The molecule has 0 atom stereocenters. The van der Waals surface area contributed by atoms with E-state index in [0.717, 1.165) is 24.3 Å². The average Bonchev–Trinajstić information content (AvgIpc) is 3.21. The van der Waals surface area contributed by atoms with Crippen LogP contribution in [0.1, 0.15) is 21.6 Å². The molecule has 7 nitrogen and oxygen atoms in total. The molecule has 0 aliphatic rings. The van der Waals surface area contributed by atoms with E-state index in [4.69, 9.17) is 11.1 Å². The Morgan fingerprint density at radius 1 is 0.972 bits per heavy atom. The average molecular weight is 515 g/mol. The number of hydrogen-bond acceptors (Lipinski definition) is 4. The molecule has 4 N–H and O–H groups in total. The molecule has 0 fully saturated rings. The first-order valence-electron chi connectivity index (χ1n) is 10.7. The standard InChI is InChI=1S/C25H21F3N4O3S/c26-25(27,28)18-8-10-19(11-9-18)31-24(33)22-14-16-6-7-17(23(29)30)15-21(16)32(22)12-13-36(34,35)20-4-2-1-3-5-20/h1-11,14-15H,12-13H2,(H3,29,30)(H,31,33). The molecule has 186 valence electrons. The van der Waals surface area contributed by atoms with Gasteiger partial charge in [0.05, 0.1) is 16.2 Å². The van der Waals surface area contributed by atoms with Crippen LogP contribution in [0.2, 0.25) is 0 Å². The molecule has 0 bridgehead atoms. The predicted molar refractivity (Wildman–Crippen MR) is 131 cm³/mol. The van der Waals surface area contributed by atoms with Crippen molar-refractivity contribution in [1.29, 1.82) is 5.41 Å². The number of rotatable bonds is 7. The summed E-state index contributed by atoms with van der Waals surface area (Å²) in [6, 6.07) is 18.3. The van der Waals surface area contributed by atoms with Gasteiger partial charge in [-0.05, 0) is 48.5 Å². The van der Waals surface area contributed by atoms with Crippen molar-refractivity contribution in [2.75, 3.05) is 11.1 Å². The molecule has 4 rings (SSSR count). The summed E-state index contributed by atoms with van der Waals surface area (Å²) in [4.78, 5) is 13.3. The van der Waals surface area contributed by atoms with Crippen LogP contribution < -0.4 is 11.1 Å². The Bertz CT molecular complexity index is 1550. The quantitative estimate of drug-likeness (QED) is 0.245. The van der Waals surface area contributed by atoms with Gasteiger partial charge in [0.2, 0.25) is 0 Å². The summed E-state index contributed by atoms with van der Waals surface area (Å²) < 4.78 is 65.8. The van der Waals surface area contributed by atoms with Crippen LogP contribution in [0.5, 0.6) is 0 Å². The Morgan fingerprint density at radius 3 is 2.25 bits per heavy atom. The van der Waals surface area contributed by atoms with E-state index in [1.165, 1.54) is 16.7 Å². The number of amidine groups is 1. The molecule has 0 unspecified atom stereocenters. The van der Waals surface area contributed by atoms with Crippen LogP contribution in [-0.2, 0) is 22.6 Å². The Morgan fingerprint density at radius 2 is 1.64 bits per heavy atom. The van der Waals surface area contributed by atoms with Gasteiger partial charge in [-0.2, -0.15) is 13.2 Å². The maximum Gasteiger partial charge on any atom is 0.416 e. The van der Waals surface area contributed by atoms with E-state index in [9.17, 15) is 26.4 Å². The highest BCUT2D eigenvalue weighted by atomic mass is 32.2. The highest BCUT2D eigenvalue weighted by Gasteiger charge is 2.30. The molecular formula is C25H21F3N4O3S. The fourth-order valence-electron chi connectivity index (χ4n) is 3.75. The molecular weight excluding hydrogens is 493 g/mol. The first-order chi connectivity index (χ1) is 17.0. The van der Waals surface area contributed by atoms with Crippen molar-refractivity contribution in [2.24, 2.45) is 5.73 Å². The van der Waals surface area contributed by atoms with Gasteiger partial charge in [-0.3, -0.25) is 10.2 Å². The second kappa shape index (κ2) is 9.50. The lowest BCUT2D eigenvalue weighted by molar-refractivity contribution is -0.137. The number of sulfone groups is 1. The number of carbonyl (C=O) groups is 1. The van der Waals surface area contributed by atoms with E-state index in [2.05, 4.69) is 5.32 Å².